The average molecular weight is 671 g/mol. The number of hydrogen-bond donors (Lipinski definition) is 2. The molecule has 4 bridgehead atoms. The van der Waals surface area contributed by atoms with Gasteiger partial charge in [0.2, 0.25) is 0 Å². The Kier molecular flexibility index (Phi) is 14.6. The van der Waals surface area contributed by atoms with Gasteiger partial charge in [0.15, 0.2) is 0 Å². The van der Waals surface area contributed by atoms with E-state index in [0.717, 1.165) is 88.3 Å². The van der Waals surface area contributed by atoms with E-state index in [4.69, 9.17) is 25.3 Å². The van der Waals surface area contributed by atoms with Gasteiger partial charge in [0.1, 0.15) is 0 Å². The molecular weight excluding hydrogens is 605 g/mol. The Balaban J connectivity index is 1.86. The highest BCUT2D eigenvalue weighted by molar-refractivity contribution is 7.80. The van der Waals surface area contributed by atoms with Gasteiger partial charge in [-0.15, -0.1) is 25.3 Å². The number of benzene rings is 2. The maximum Gasteiger partial charge on any atom is 0.0242 e. The molecule has 0 aromatic heterocycles. The zero-order valence-corrected chi connectivity index (χ0v) is 33.2. The highest BCUT2D eigenvalue weighted by atomic mass is 32.1. The molecule has 0 radical (unpaired) electrons. The first-order chi connectivity index (χ1) is 21.3. The molecule has 0 amide bonds. The topological polar surface area (TPSA) is 19.4 Å². The second kappa shape index (κ2) is 17.0. The maximum atomic E-state index is 5.12. The number of fused-ring (bicyclic) bond motifs is 4. The Hall–Kier alpha value is -1.10. The summed E-state index contributed by atoms with van der Waals surface area (Å²) < 4.78 is 0. The van der Waals surface area contributed by atoms with Gasteiger partial charge in [-0.05, 0) is 86.5 Å². The van der Waals surface area contributed by atoms with Gasteiger partial charge in [-0.3, -0.25) is 0 Å². The summed E-state index contributed by atoms with van der Waals surface area (Å²) in [6, 6.07) is 9.58. The number of thiol groups is 2. The smallest absolute Gasteiger partial charge is 0.0242 e. The van der Waals surface area contributed by atoms with Crippen LogP contribution in [0.25, 0.3) is 0 Å². The lowest BCUT2D eigenvalue weighted by Gasteiger charge is -2.29. The maximum absolute atomic E-state index is 5.12. The first-order valence-electron chi connectivity index (χ1n) is 17.1. The molecule has 2 aromatic rings. The molecule has 0 saturated heterocycles. The molecule has 8 heteroatoms. The standard InChI is InChI=1S/C38H66N6S2/c1-37(2,3)33-21-29-25-41(9)17-13-39(7)15-19-43(11)27-31-23-34(38(4,5)6)24-32(36(31)46)28-44(12)20-16-40(8)14-18-42(10)26-30(22-33)35(29)45/h21-24,45-46H,13-20,25-28H2,1-12H3. The second-order valence-corrected chi connectivity index (χ2v) is 17.2. The fourth-order valence-corrected chi connectivity index (χ4v) is 6.48. The van der Waals surface area contributed by atoms with Crippen LogP contribution in [0.15, 0.2) is 34.1 Å². The van der Waals surface area contributed by atoms with Crippen molar-refractivity contribution in [3.05, 3.63) is 57.6 Å². The average Bonchev–Trinajstić information content (AvgIpc) is 2.95. The summed E-state index contributed by atoms with van der Waals surface area (Å²) in [6.45, 7) is 25.7. The summed E-state index contributed by atoms with van der Waals surface area (Å²) in [5, 5.41) is 0. The lowest BCUT2D eigenvalue weighted by Crippen LogP contribution is -2.36. The molecule has 0 unspecified atom stereocenters. The van der Waals surface area contributed by atoms with Crippen molar-refractivity contribution in [2.75, 3.05) is 94.6 Å². The van der Waals surface area contributed by atoms with Crippen LogP contribution in [0.5, 0.6) is 0 Å². The minimum atomic E-state index is 0.0889. The predicted octanol–water partition coefficient (Wildman–Crippen LogP) is 6.16. The van der Waals surface area contributed by atoms with E-state index in [1.807, 2.05) is 0 Å². The summed E-state index contributed by atoms with van der Waals surface area (Å²) in [7, 11) is 13.5. The van der Waals surface area contributed by atoms with Gasteiger partial charge in [0.25, 0.3) is 0 Å². The minimum Gasteiger partial charge on any atom is -0.304 e. The quantitative estimate of drug-likeness (QED) is 0.325. The summed E-state index contributed by atoms with van der Waals surface area (Å²) in [4.78, 5) is 17.0. The van der Waals surface area contributed by atoms with Gasteiger partial charge < -0.3 is 29.4 Å². The summed E-state index contributed by atoms with van der Waals surface area (Å²) in [5.41, 5.74) is 8.29. The van der Waals surface area contributed by atoms with Crippen LogP contribution in [0.1, 0.15) is 74.9 Å². The molecule has 3 rings (SSSR count). The molecule has 0 N–H and O–H groups in total. The molecule has 6 nitrogen and oxygen atoms in total. The predicted molar refractivity (Wildman–Crippen MR) is 205 cm³/mol. The fraction of sp³-hybridized carbons (Fsp3) is 0.684. The fourth-order valence-electron chi connectivity index (χ4n) is 5.94. The molecule has 260 valence electrons. The van der Waals surface area contributed by atoms with Crippen molar-refractivity contribution in [2.24, 2.45) is 0 Å². The van der Waals surface area contributed by atoms with E-state index < -0.39 is 0 Å². The Morgan fingerprint density at radius 3 is 0.783 bits per heavy atom. The number of likely N-dealkylation sites (N-methyl/N-ethyl adjacent to an activating group) is 6. The summed E-state index contributed by atoms with van der Waals surface area (Å²) in [5.74, 6) is 0. The van der Waals surface area contributed by atoms with Crippen LogP contribution in [-0.2, 0) is 37.0 Å². The van der Waals surface area contributed by atoms with Gasteiger partial charge in [0.05, 0.1) is 0 Å². The van der Waals surface area contributed by atoms with Gasteiger partial charge in [-0.25, -0.2) is 0 Å². The van der Waals surface area contributed by atoms with E-state index in [0.29, 0.717) is 0 Å². The number of nitrogens with zero attached hydrogens (tertiary/aromatic N) is 6. The Bertz CT molecular complexity index is 1100. The van der Waals surface area contributed by atoms with Gasteiger partial charge in [0, 0.05) is 88.3 Å². The van der Waals surface area contributed by atoms with E-state index in [-0.39, 0.29) is 10.8 Å². The molecule has 0 saturated carbocycles. The Labute approximate surface area is 294 Å². The molecule has 0 atom stereocenters. The van der Waals surface area contributed by atoms with E-state index in [1.54, 1.807) is 0 Å². The van der Waals surface area contributed by atoms with Gasteiger partial charge in [-0.1, -0.05) is 65.8 Å². The van der Waals surface area contributed by atoms with E-state index in [2.05, 4.69) is 137 Å². The largest absolute Gasteiger partial charge is 0.304 e. The minimum absolute atomic E-state index is 0.0889. The van der Waals surface area contributed by atoms with Crippen molar-refractivity contribution in [3.8, 4) is 0 Å². The molecule has 46 heavy (non-hydrogen) atoms. The lowest BCUT2D eigenvalue weighted by molar-refractivity contribution is 0.216. The van der Waals surface area contributed by atoms with Crippen molar-refractivity contribution >= 4 is 25.3 Å². The van der Waals surface area contributed by atoms with Crippen molar-refractivity contribution in [1.29, 1.82) is 0 Å². The van der Waals surface area contributed by atoms with Crippen LogP contribution in [-0.4, -0.2) is 124 Å². The molecule has 0 spiro atoms. The van der Waals surface area contributed by atoms with E-state index >= 15 is 0 Å². The molecule has 0 aliphatic carbocycles. The van der Waals surface area contributed by atoms with Crippen LogP contribution in [0.3, 0.4) is 0 Å². The van der Waals surface area contributed by atoms with Gasteiger partial charge >= 0.3 is 0 Å². The normalized spacial score (nSPS) is 20.1. The van der Waals surface area contributed by atoms with Crippen LogP contribution in [0.4, 0.5) is 0 Å². The Morgan fingerprint density at radius 2 is 0.587 bits per heavy atom. The molecule has 2 aromatic carbocycles. The SMILES string of the molecule is CN1CCN(C)Cc2cc(C(C)(C)C)cc(c2S)CN(C)CCN(C)CCN(C)Cc2cc(C(C)(C)C)cc(c2S)CN(C)CC1. The Morgan fingerprint density at radius 1 is 0.391 bits per heavy atom. The van der Waals surface area contributed by atoms with Crippen LogP contribution >= 0.6 is 25.3 Å². The zero-order valence-electron chi connectivity index (χ0n) is 31.4. The van der Waals surface area contributed by atoms with E-state index in [9.17, 15) is 0 Å². The zero-order chi connectivity index (χ0) is 34.4. The van der Waals surface area contributed by atoms with Crippen molar-refractivity contribution < 1.29 is 0 Å². The third-order valence-electron chi connectivity index (χ3n) is 9.48. The summed E-state index contributed by atoms with van der Waals surface area (Å²) in [6.07, 6.45) is 0. The molecular formula is C38H66N6S2. The first-order valence-corrected chi connectivity index (χ1v) is 18.0. The van der Waals surface area contributed by atoms with Crippen LogP contribution in [0, 0.1) is 0 Å². The molecule has 1 heterocycles. The highest BCUT2D eigenvalue weighted by Crippen LogP contribution is 2.32. The molecule has 0 fully saturated rings. The summed E-state index contributed by atoms with van der Waals surface area (Å²) >= 11 is 10.2. The molecule has 1 aliphatic heterocycles. The third kappa shape index (κ3) is 12.1. The number of rotatable bonds is 0. The van der Waals surface area contributed by atoms with Crippen molar-refractivity contribution in [1.82, 2.24) is 29.4 Å². The highest BCUT2D eigenvalue weighted by Gasteiger charge is 2.21. The van der Waals surface area contributed by atoms with Gasteiger partial charge in [-0.2, -0.15) is 0 Å². The molecule has 1 aliphatic rings. The third-order valence-corrected chi connectivity index (χ3v) is 10.6. The van der Waals surface area contributed by atoms with Crippen molar-refractivity contribution in [3.63, 3.8) is 0 Å². The first kappa shape index (κ1) is 39.3. The van der Waals surface area contributed by atoms with E-state index in [1.165, 1.54) is 33.4 Å². The monoisotopic (exact) mass is 670 g/mol. The number of hydrogen-bond acceptors (Lipinski definition) is 8. The van der Waals surface area contributed by atoms with Crippen LogP contribution < -0.4 is 0 Å². The second-order valence-electron chi connectivity index (χ2n) is 16.3. The lowest BCUT2D eigenvalue weighted by atomic mass is 9.85. The van der Waals surface area contributed by atoms with Crippen LogP contribution in [0.2, 0.25) is 0 Å². The van der Waals surface area contributed by atoms with Crippen molar-refractivity contribution in [2.45, 2.75) is 88.3 Å².